The van der Waals surface area contributed by atoms with E-state index < -0.39 is 15.8 Å². The molecular weight excluding hydrogens is 469 g/mol. The van der Waals surface area contributed by atoms with Crippen LogP contribution >= 0.6 is 11.6 Å². The van der Waals surface area contributed by atoms with Gasteiger partial charge in [0.25, 0.3) is 0 Å². The van der Waals surface area contributed by atoms with Crippen molar-refractivity contribution in [1.29, 1.82) is 0 Å². The van der Waals surface area contributed by atoms with Crippen LogP contribution in [0.2, 0.25) is 5.02 Å². The first-order valence-corrected chi connectivity index (χ1v) is 12.3. The summed E-state index contributed by atoms with van der Waals surface area (Å²) in [6.45, 7) is 2.31. The molecule has 1 unspecified atom stereocenters. The number of hydrogen-bond donors (Lipinski definition) is 1. The van der Waals surface area contributed by atoms with Crippen LogP contribution in [0, 0.1) is 11.7 Å². The Kier molecular flexibility index (Phi) is 6.78. The van der Waals surface area contributed by atoms with Crippen LogP contribution in [0.3, 0.4) is 0 Å². The number of piperidine rings is 1. The Balaban J connectivity index is 1.34. The Bertz CT molecular complexity index is 1230. The van der Waals surface area contributed by atoms with Crippen molar-refractivity contribution in [2.24, 2.45) is 5.92 Å². The van der Waals surface area contributed by atoms with Gasteiger partial charge in [-0.15, -0.1) is 0 Å². The number of rotatable bonds is 6. The normalized spacial score (nSPS) is 16.5. The molecule has 2 aromatic carbocycles. The van der Waals surface area contributed by atoms with Gasteiger partial charge in [0, 0.05) is 19.0 Å². The topological polar surface area (TPSA) is 97.2 Å². The summed E-state index contributed by atoms with van der Waals surface area (Å²) < 4.78 is 42.0. The molecule has 1 aliphatic heterocycles. The van der Waals surface area contributed by atoms with Crippen molar-refractivity contribution in [3.05, 3.63) is 71.5 Å². The van der Waals surface area contributed by atoms with E-state index in [2.05, 4.69) is 15.4 Å². The van der Waals surface area contributed by atoms with Gasteiger partial charge in [-0.25, -0.2) is 22.5 Å². The first-order valence-electron chi connectivity index (χ1n) is 10.5. The van der Waals surface area contributed by atoms with Crippen molar-refractivity contribution >= 4 is 27.5 Å². The molecule has 3 aromatic rings. The first kappa shape index (κ1) is 23.3. The largest absolute Gasteiger partial charge is 0.349 e. The molecule has 1 saturated heterocycles. The average molecular weight is 492 g/mol. The Morgan fingerprint density at radius 2 is 1.88 bits per heavy atom. The van der Waals surface area contributed by atoms with E-state index in [0.717, 1.165) is 23.4 Å². The van der Waals surface area contributed by atoms with Crippen LogP contribution in [0.5, 0.6) is 0 Å². The number of aromatic nitrogens is 3. The van der Waals surface area contributed by atoms with Crippen molar-refractivity contribution in [2.75, 3.05) is 13.1 Å². The summed E-state index contributed by atoms with van der Waals surface area (Å²) in [7, 11) is -3.80. The van der Waals surface area contributed by atoms with Gasteiger partial charge in [-0.3, -0.25) is 4.79 Å². The second-order valence-electron chi connectivity index (χ2n) is 7.92. The molecule has 8 nitrogen and oxygen atoms in total. The van der Waals surface area contributed by atoms with Crippen LogP contribution < -0.4 is 5.32 Å². The third-order valence-electron chi connectivity index (χ3n) is 5.79. The molecule has 2 heterocycles. The van der Waals surface area contributed by atoms with Crippen molar-refractivity contribution < 1.29 is 17.6 Å². The highest BCUT2D eigenvalue weighted by atomic mass is 35.5. The van der Waals surface area contributed by atoms with Gasteiger partial charge in [0.05, 0.1) is 21.6 Å². The third kappa shape index (κ3) is 5.07. The van der Waals surface area contributed by atoms with E-state index in [1.807, 2.05) is 31.2 Å². The highest BCUT2D eigenvalue weighted by Crippen LogP contribution is 2.27. The summed E-state index contributed by atoms with van der Waals surface area (Å²) in [5.74, 6) is -1.07. The minimum absolute atomic E-state index is 0.0558. The van der Waals surface area contributed by atoms with Gasteiger partial charge in [0.2, 0.25) is 15.9 Å². The maximum absolute atomic E-state index is 13.4. The lowest BCUT2D eigenvalue weighted by Crippen LogP contribution is -2.43. The number of nitrogens with zero attached hydrogens (tertiary/aromatic N) is 4. The van der Waals surface area contributed by atoms with Gasteiger partial charge < -0.3 is 5.32 Å². The molecule has 0 spiro atoms. The summed E-state index contributed by atoms with van der Waals surface area (Å²) in [6.07, 6.45) is 3.87. The van der Waals surface area contributed by atoms with Crippen LogP contribution in [-0.4, -0.2) is 46.5 Å². The molecule has 1 N–H and O–H groups in total. The highest BCUT2D eigenvalue weighted by Gasteiger charge is 2.32. The summed E-state index contributed by atoms with van der Waals surface area (Å²) in [5.41, 5.74) is 1.81. The maximum Gasteiger partial charge on any atom is 0.243 e. The Hall–Kier alpha value is -2.82. The molecule has 1 amide bonds. The summed E-state index contributed by atoms with van der Waals surface area (Å²) >= 11 is 5.74. The second kappa shape index (κ2) is 9.58. The minimum atomic E-state index is -3.80. The molecule has 1 fully saturated rings. The lowest BCUT2D eigenvalue weighted by atomic mass is 9.96. The number of halogens is 2. The van der Waals surface area contributed by atoms with Crippen LogP contribution in [-0.2, 0) is 14.8 Å². The molecule has 0 aliphatic carbocycles. The van der Waals surface area contributed by atoms with Crippen LogP contribution in [0.15, 0.2) is 60.0 Å². The van der Waals surface area contributed by atoms with Crippen LogP contribution in [0.1, 0.15) is 31.4 Å². The lowest BCUT2D eigenvalue weighted by Gasteiger charge is -2.31. The molecule has 0 radical (unpaired) electrons. The third-order valence-corrected chi connectivity index (χ3v) is 7.97. The molecule has 1 aromatic heterocycles. The van der Waals surface area contributed by atoms with Gasteiger partial charge in [-0.1, -0.05) is 23.7 Å². The summed E-state index contributed by atoms with van der Waals surface area (Å²) in [5, 5.41) is 6.86. The number of carbonyl (C=O) groups is 1. The van der Waals surface area contributed by atoms with E-state index in [1.165, 1.54) is 16.7 Å². The van der Waals surface area contributed by atoms with E-state index >= 15 is 0 Å². The van der Waals surface area contributed by atoms with Gasteiger partial charge in [-0.2, -0.15) is 9.40 Å². The zero-order chi connectivity index (χ0) is 23.6. The minimum Gasteiger partial charge on any atom is -0.349 e. The zero-order valence-corrected chi connectivity index (χ0v) is 19.4. The van der Waals surface area contributed by atoms with E-state index in [4.69, 9.17) is 11.6 Å². The Labute approximate surface area is 196 Å². The standard InChI is InChI=1S/C22H23ClFN5O3S/c1-15(16-2-4-18(5-3-16)29-14-25-13-26-29)27-22(30)17-8-10-28(11-9-17)33(31,32)19-6-7-21(24)20(23)12-19/h2-7,12-15,17H,8-11H2,1H3,(H,27,30). The smallest absolute Gasteiger partial charge is 0.243 e. The van der Waals surface area contributed by atoms with E-state index in [0.29, 0.717) is 12.8 Å². The van der Waals surface area contributed by atoms with E-state index in [1.54, 1.807) is 11.0 Å². The molecule has 4 rings (SSSR count). The fourth-order valence-corrected chi connectivity index (χ4v) is 5.56. The molecule has 11 heteroatoms. The van der Waals surface area contributed by atoms with Gasteiger partial charge >= 0.3 is 0 Å². The maximum atomic E-state index is 13.4. The van der Waals surface area contributed by atoms with Crippen LogP contribution in [0.4, 0.5) is 4.39 Å². The van der Waals surface area contributed by atoms with E-state index in [9.17, 15) is 17.6 Å². The molecule has 0 bridgehead atoms. The molecule has 1 atom stereocenters. The van der Waals surface area contributed by atoms with Gasteiger partial charge in [0.15, 0.2) is 0 Å². The Morgan fingerprint density at radius 1 is 1.18 bits per heavy atom. The molecule has 1 aliphatic rings. The SMILES string of the molecule is CC(NC(=O)C1CCN(S(=O)(=O)c2ccc(F)c(Cl)c2)CC1)c1ccc(-n2cncn2)cc1. The highest BCUT2D eigenvalue weighted by molar-refractivity contribution is 7.89. The number of carbonyl (C=O) groups excluding carboxylic acids is 1. The fourth-order valence-electron chi connectivity index (χ4n) is 3.82. The number of amides is 1. The molecular formula is C22H23ClFN5O3S. The van der Waals surface area contributed by atoms with E-state index in [-0.39, 0.29) is 40.9 Å². The fraction of sp³-hybridized carbons (Fsp3) is 0.318. The Morgan fingerprint density at radius 3 is 2.48 bits per heavy atom. The van der Waals surface area contributed by atoms with Crippen molar-refractivity contribution in [3.8, 4) is 5.69 Å². The van der Waals surface area contributed by atoms with Crippen molar-refractivity contribution in [3.63, 3.8) is 0 Å². The monoisotopic (exact) mass is 491 g/mol. The van der Waals surface area contributed by atoms with Crippen LogP contribution in [0.25, 0.3) is 5.69 Å². The molecule has 0 saturated carbocycles. The zero-order valence-electron chi connectivity index (χ0n) is 17.9. The average Bonchev–Trinajstić information content (AvgIpc) is 3.36. The second-order valence-corrected chi connectivity index (χ2v) is 10.3. The first-order chi connectivity index (χ1) is 15.8. The number of nitrogens with one attached hydrogen (secondary N) is 1. The predicted molar refractivity (Wildman–Crippen MR) is 121 cm³/mol. The number of hydrogen-bond acceptors (Lipinski definition) is 5. The van der Waals surface area contributed by atoms with Crippen molar-refractivity contribution in [2.45, 2.75) is 30.7 Å². The number of benzene rings is 2. The molecule has 174 valence electrons. The predicted octanol–water partition coefficient (Wildman–Crippen LogP) is 3.34. The van der Waals surface area contributed by atoms with Crippen molar-refractivity contribution in [1.82, 2.24) is 24.4 Å². The van der Waals surface area contributed by atoms with Gasteiger partial charge in [0.1, 0.15) is 18.5 Å². The molecule has 33 heavy (non-hydrogen) atoms. The number of sulfonamides is 1. The summed E-state index contributed by atoms with van der Waals surface area (Å²) in [6, 6.07) is 10.8. The quantitative estimate of drug-likeness (QED) is 0.570. The lowest BCUT2D eigenvalue weighted by molar-refractivity contribution is -0.126. The van der Waals surface area contributed by atoms with Gasteiger partial charge in [-0.05, 0) is 55.7 Å². The summed E-state index contributed by atoms with van der Waals surface area (Å²) in [4.78, 5) is 16.7.